The molecule has 1 aliphatic carbocycles. The zero-order chi connectivity index (χ0) is 13.0. The van der Waals surface area contributed by atoms with E-state index in [4.69, 9.17) is 0 Å². The van der Waals surface area contributed by atoms with Gasteiger partial charge < -0.3 is 4.90 Å². The highest BCUT2D eigenvalue weighted by Gasteiger charge is 2.15. The van der Waals surface area contributed by atoms with Crippen LogP contribution in [0.25, 0.3) is 0 Å². The van der Waals surface area contributed by atoms with E-state index >= 15 is 0 Å². The van der Waals surface area contributed by atoms with Gasteiger partial charge in [0.2, 0.25) is 5.91 Å². The van der Waals surface area contributed by atoms with Crippen LogP contribution in [-0.2, 0) is 11.3 Å². The maximum absolute atomic E-state index is 11.2. The van der Waals surface area contributed by atoms with Crippen LogP contribution in [0.4, 0.5) is 0 Å². The van der Waals surface area contributed by atoms with Crippen molar-refractivity contribution in [1.29, 1.82) is 0 Å². The van der Waals surface area contributed by atoms with Gasteiger partial charge in [0, 0.05) is 20.5 Å². The number of carbonyl (C=O) groups is 1. The lowest BCUT2D eigenvalue weighted by Crippen LogP contribution is -2.22. The Morgan fingerprint density at radius 3 is 2.33 bits per heavy atom. The van der Waals surface area contributed by atoms with Crippen LogP contribution in [0.15, 0.2) is 24.3 Å². The van der Waals surface area contributed by atoms with E-state index in [1.807, 2.05) is 7.05 Å². The number of nitrogens with zero attached hydrogens (tertiary/aromatic N) is 1. The molecule has 0 aromatic heterocycles. The van der Waals surface area contributed by atoms with Crippen LogP contribution >= 0.6 is 0 Å². The molecular formula is C16H23NO. The summed E-state index contributed by atoms with van der Waals surface area (Å²) in [7, 11) is 1.84. The average molecular weight is 245 g/mol. The van der Waals surface area contributed by atoms with E-state index in [2.05, 4.69) is 24.3 Å². The van der Waals surface area contributed by atoms with Crippen molar-refractivity contribution in [3.63, 3.8) is 0 Å². The van der Waals surface area contributed by atoms with Crippen molar-refractivity contribution in [1.82, 2.24) is 4.90 Å². The third-order valence-corrected chi connectivity index (χ3v) is 4.01. The van der Waals surface area contributed by atoms with Crippen LogP contribution in [0.1, 0.15) is 56.1 Å². The van der Waals surface area contributed by atoms with Crippen molar-refractivity contribution >= 4 is 5.91 Å². The van der Waals surface area contributed by atoms with Crippen molar-refractivity contribution < 1.29 is 4.79 Å². The summed E-state index contributed by atoms with van der Waals surface area (Å²) in [5, 5.41) is 0. The molecule has 1 aromatic rings. The molecule has 0 radical (unpaired) electrons. The Balaban J connectivity index is 1.98. The molecule has 2 rings (SSSR count). The highest BCUT2D eigenvalue weighted by atomic mass is 16.2. The van der Waals surface area contributed by atoms with E-state index in [1.165, 1.54) is 43.2 Å². The Kier molecular flexibility index (Phi) is 4.40. The molecule has 0 heterocycles. The summed E-state index contributed by atoms with van der Waals surface area (Å²) >= 11 is 0. The van der Waals surface area contributed by atoms with Gasteiger partial charge in [-0.1, -0.05) is 43.5 Å². The highest BCUT2D eigenvalue weighted by Crippen LogP contribution is 2.32. The lowest BCUT2D eigenvalue weighted by molar-refractivity contribution is -0.128. The Morgan fingerprint density at radius 2 is 1.78 bits per heavy atom. The van der Waals surface area contributed by atoms with Crippen molar-refractivity contribution in [2.45, 2.75) is 51.5 Å². The third-order valence-electron chi connectivity index (χ3n) is 4.01. The van der Waals surface area contributed by atoms with Gasteiger partial charge in [0.15, 0.2) is 0 Å². The van der Waals surface area contributed by atoms with Gasteiger partial charge in [0.1, 0.15) is 0 Å². The van der Waals surface area contributed by atoms with Gasteiger partial charge in [-0.15, -0.1) is 0 Å². The smallest absolute Gasteiger partial charge is 0.219 e. The van der Waals surface area contributed by atoms with Gasteiger partial charge >= 0.3 is 0 Å². The minimum Gasteiger partial charge on any atom is -0.342 e. The zero-order valence-corrected chi connectivity index (χ0v) is 11.5. The molecule has 0 unspecified atom stereocenters. The van der Waals surface area contributed by atoms with Gasteiger partial charge in [-0.2, -0.15) is 0 Å². The Bertz CT molecular complexity index is 390. The number of amides is 1. The molecule has 2 heteroatoms. The topological polar surface area (TPSA) is 20.3 Å². The average Bonchev–Trinajstić information content (AvgIpc) is 2.40. The molecule has 0 N–H and O–H groups in total. The first-order chi connectivity index (χ1) is 8.66. The maximum atomic E-state index is 11.2. The van der Waals surface area contributed by atoms with Crippen LogP contribution in [0, 0.1) is 0 Å². The second-order valence-corrected chi connectivity index (χ2v) is 5.45. The lowest BCUT2D eigenvalue weighted by Gasteiger charge is -2.22. The van der Waals surface area contributed by atoms with E-state index in [0.717, 1.165) is 5.92 Å². The molecule has 0 atom stereocenters. The summed E-state index contributed by atoms with van der Waals surface area (Å²) in [6, 6.07) is 8.84. The minimum absolute atomic E-state index is 0.117. The summed E-state index contributed by atoms with van der Waals surface area (Å²) in [6.45, 7) is 2.32. The number of hydrogen-bond donors (Lipinski definition) is 0. The largest absolute Gasteiger partial charge is 0.342 e. The molecule has 1 fully saturated rings. The van der Waals surface area contributed by atoms with E-state index < -0.39 is 0 Å². The predicted octanol–water partition coefficient (Wildman–Crippen LogP) is 3.71. The van der Waals surface area contributed by atoms with Gasteiger partial charge in [0.25, 0.3) is 0 Å². The SMILES string of the molecule is CC(=O)N(C)Cc1ccc(C2CCCCC2)cc1. The van der Waals surface area contributed by atoms with Crippen molar-refractivity contribution in [3.8, 4) is 0 Å². The highest BCUT2D eigenvalue weighted by molar-refractivity contribution is 5.72. The lowest BCUT2D eigenvalue weighted by atomic mass is 9.84. The first-order valence-electron chi connectivity index (χ1n) is 6.97. The fraction of sp³-hybridized carbons (Fsp3) is 0.562. The van der Waals surface area contributed by atoms with Gasteiger partial charge in [0.05, 0.1) is 0 Å². The maximum Gasteiger partial charge on any atom is 0.219 e. The summed E-state index contributed by atoms with van der Waals surface area (Å²) < 4.78 is 0. The Morgan fingerprint density at radius 1 is 1.17 bits per heavy atom. The zero-order valence-electron chi connectivity index (χ0n) is 11.5. The summed E-state index contributed by atoms with van der Waals surface area (Å²) in [6.07, 6.45) is 6.83. The molecule has 18 heavy (non-hydrogen) atoms. The molecule has 98 valence electrons. The van der Waals surface area contributed by atoms with Gasteiger partial charge in [-0.05, 0) is 29.9 Å². The monoisotopic (exact) mass is 245 g/mol. The van der Waals surface area contributed by atoms with Crippen molar-refractivity contribution in [2.24, 2.45) is 0 Å². The second-order valence-electron chi connectivity index (χ2n) is 5.45. The number of benzene rings is 1. The molecule has 1 saturated carbocycles. The van der Waals surface area contributed by atoms with E-state index in [9.17, 15) is 4.79 Å². The quantitative estimate of drug-likeness (QED) is 0.795. The standard InChI is InChI=1S/C16H23NO/c1-13(18)17(2)12-14-8-10-16(11-9-14)15-6-4-3-5-7-15/h8-11,15H,3-7,12H2,1-2H3. The van der Waals surface area contributed by atoms with Crippen LogP contribution in [-0.4, -0.2) is 17.9 Å². The van der Waals surface area contributed by atoms with Crippen LogP contribution in [0.3, 0.4) is 0 Å². The third kappa shape index (κ3) is 3.34. The molecule has 1 aliphatic rings. The minimum atomic E-state index is 0.117. The molecule has 0 bridgehead atoms. The molecular weight excluding hydrogens is 222 g/mol. The second kappa shape index (κ2) is 6.03. The fourth-order valence-corrected chi connectivity index (χ4v) is 2.72. The summed E-state index contributed by atoms with van der Waals surface area (Å²) in [4.78, 5) is 12.9. The molecule has 2 nitrogen and oxygen atoms in total. The fourth-order valence-electron chi connectivity index (χ4n) is 2.72. The number of hydrogen-bond acceptors (Lipinski definition) is 1. The molecule has 1 aromatic carbocycles. The van der Waals surface area contributed by atoms with Gasteiger partial charge in [-0.25, -0.2) is 0 Å². The molecule has 0 saturated heterocycles. The van der Waals surface area contributed by atoms with Crippen LogP contribution in [0.5, 0.6) is 0 Å². The van der Waals surface area contributed by atoms with Crippen LogP contribution < -0.4 is 0 Å². The normalized spacial score (nSPS) is 16.6. The molecule has 0 aliphatic heterocycles. The van der Waals surface area contributed by atoms with E-state index in [1.54, 1.807) is 11.8 Å². The summed E-state index contributed by atoms with van der Waals surface area (Å²) in [5.74, 6) is 0.879. The molecule has 0 spiro atoms. The number of carbonyl (C=O) groups excluding carboxylic acids is 1. The first kappa shape index (κ1) is 13.1. The number of rotatable bonds is 3. The first-order valence-corrected chi connectivity index (χ1v) is 6.97. The van der Waals surface area contributed by atoms with Crippen molar-refractivity contribution in [2.75, 3.05) is 7.05 Å². The van der Waals surface area contributed by atoms with E-state index in [-0.39, 0.29) is 5.91 Å². The van der Waals surface area contributed by atoms with E-state index in [0.29, 0.717) is 6.54 Å². The Labute approximate surface area is 110 Å². The summed E-state index contributed by atoms with van der Waals surface area (Å²) in [5.41, 5.74) is 2.69. The van der Waals surface area contributed by atoms with Crippen LogP contribution in [0.2, 0.25) is 0 Å². The predicted molar refractivity (Wildman–Crippen MR) is 74.4 cm³/mol. The molecule has 1 amide bonds. The Hall–Kier alpha value is -1.31. The van der Waals surface area contributed by atoms with Gasteiger partial charge in [-0.3, -0.25) is 4.79 Å². The van der Waals surface area contributed by atoms with Crippen molar-refractivity contribution in [3.05, 3.63) is 35.4 Å².